The topological polar surface area (TPSA) is 109 Å². The molecule has 0 saturated carbocycles. The molecule has 2 aliphatic rings. The first-order valence-corrected chi connectivity index (χ1v) is 10.2. The molecular formula is C11H20N2O5S2. The predicted molar refractivity (Wildman–Crippen MR) is 74.9 cm³/mol. The second kappa shape index (κ2) is 5.98. The second-order valence-electron chi connectivity index (χ2n) is 5.40. The molecule has 0 aromatic carbocycles. The van der Waals surface area contributed by atoms with E-state index in [4.69, 9.17) is 0 Å². The van der Waals surface area contributed by atoms with Crippen LogP contribution in [0.2, 0.25) is 0 Å². The van der Waals surface area contributed by atoms with Crippen LogP contribution in [0.3, 0.4) is 0 Å². The number of carbonyl (C=O) groups excluding carboxylic acids is 1. The number of amides is 1. The maximum Gasteiger partial charge on any atom is 0.221 e. The molecule has 2 N–H and O–H groups in total. The molecule has 116 valence electrons. The van der Waals surface area contributed by atoms with Crippen LogP contribution in [0.15, 0.2) is 0 Å². The molecule has 2 atom stereocenters. The Kier molecular flexibility index (Phi) is 4.70. The van der Waals surface area contributed by atoms with Gasteiger partial charge in [-0.25, -0.2) is 16.8 Å². The van der Waals surface area contributed by atoms with Crippen LogP contribution in [0, 0.1) is 0 Å². The average molecular weight is 324 g/mol. The van der Waals surface area contributed by atoms with E-state index in [9.17, 15) is 21.6 Å². The lowest BCUT2D eigenvalue weighted by Crippen LogP contribution is -2.47. The summed E-state index contributed by atoms with van der Waals surface area (Å²) < 4.78 is 46.1. The molecule has 2 saturated heterocycles. The Hall–Kier alpha value is -0.670. The van der Waals surface area contributed by atoms with Crippen LogP contribution < -0.4 is 10.6 Å². The van der Waals surface area contributed by atoms with Crippen molar-refractivity contribution in [2.45, 2.75) is 30.6 Å². The quantitative estimate of drug-likeness (QED) is 0.648. The molecule has 20 heavy (non-hydrogen) atoms. The molecule has 0 aliphatic carbocycles. The minimum Gasteiger partial charge on any atom is -0.355 e. The Morgan fingerprint density at radius 2 is 1.95 bits per heavy atom. The van der Waals surface area contributed by atoms with Gasteiger partial charge in [0.25, 0.3) is 0 Å². The van der Waals surface area contributed by atoms with E-state index in [0.29, 0.717) is 19.4 Å². The summed E-state index contributed by atoms with van der Waals surface area (Å²) in [6, 6.07) is -0.381. The van der Waals surface area contributed by atoms with E-state index in [1.165, 1.54) is 0 Å². The molecule has 0 spiro atoms. The molecule has 7 nitrogen and oxygen atoms in total. The molecular weight excluding hydrogens is 304 g/mol. The number of rotatable bonds is 4. The van der Waals surface area contributed by atoms with Gasteiger partial charge in [0.05, 0.1) is 22.5 Å². The van der Waals surface area contributed by atoms with Crippen LogP contribution in [-0.4, -0.2) is 64.4 Å². The first kappa shape index (κ1) is 15.7. The van der Waals surface area contributed by atoms with Crippen LogP contribution in [0.4, 0.5) is 0 Å². The van der Waals surface area contributed by atoms with Crippen molar-refractivity contribution in [2.75, 3.05) is 30.3 Å². The van der Waals surface area contributed by atoms with E-state index in [1.807, 2.05) is 0 Å². The molecule has 0 aromatic rings. The lowest BCUT2D eigenvalue weighted by atomic mass is 10.2. The second-order valence-corrected chi connectivity index (χ2v) is 10.0. The van der Waals surface area contributed by atoms with Crippen molar-refractivity contribution in [3.8, 4) is 0 Å². The van der Waals surface area contributed by atoms with Gasteiger partial charge in [-0.05, 0) is 12.8 Å². The van der Waals surface area contributed by atoms with Gasteiger partial charge in [0.2, 0.25) is 5.91 Å². The lowest BCUT2D eigenvalue weighted by molar-refractivity contribution is -0.121. The highest BCUT2D eigenvalue weighted by Gasteiger charge is 2.32. The van der Waals surface area contributed by atoms with Crippen molar-refractivity contribution in [3.05, 3.63) is 0 Å². The van der Waals surface area contributed by atoms with Gasteiger partial charge < -0.3 is 10.6 Å². The summed E-state index contributed by atoms with van der Waals surface area (Å²) in [6.45, 7) is 0.484. The zero-order valence-corrected chi connectivity index (χ0v) is 12.8. The van der Waals surface area contributed by atoms with E-state index < -0.39 is 24.9 Å². The highest BCUT2D eigenvalue weighted by molar-refractivity contribution is 7.92. The summed E-state index contributed by atoms with van der Waals surface area (Å²) in [5, 5.41) is 5.10. The zero-order chi connectivity index (χ0) is 14.8. The molecule has 1 amide bonds. The van der Waals surface area contributed by atoms with E-state index >= 15 is 0 Å². The molecule has 2 heterocycles. The van der Waals surface area contributed by atoms with E-state index in [2.05, 4.69) is 10.6 Å². The van der Waals surface area contributed by atoms with Crippen LogP contribution >= 0.6 is 0 Å². The van der Waals surface area contributed by atoms with Crippen molar-refractivity contribution in [2.24, 2.45) is 0 Å². The summed E-state index contributed by atoms with van der Waals surface area (Å²) in [6.07, 6.45) is 1.29. The summed E-state index contributed by atoms with van der Waals surface area (Å²) >= 11 is 0. The fourth-order valence-corrected chi connectivity index (χ4v) is 5.82. The monoisotopic (exact) mass is 324 g/mol. The molecule has 0 radical (unpaired) electrons. The number of carbonyl (C=O) groups is 1. The molecule has 0 bridgehead atoms. The van der Waals surface area contributed by atoms with Crippen molar-refractivity contribution >= 4 is 25.6 Å². The first-order valence-electron chi connectivity index (χ1n) is 6.70. The van der Waals surface area contributed by atoms with Gasteiger partial charge in [-0.3, -0.25) is 4.79 Å². The fraction of sp³-hybridized carbons (Fsp3) is 0.909. The Bertz CT molecular complexity index is 570. The summed E-state index contributed by atoms with van der Waals surface area (Å²) in [7, 11) is -6.13. The number of nitrogens with one attached hydrogen (secondary N) is 2. The van der Waals surface area contributed by atoms with Crippen LogP contribution in [-0.2, 0) is 24.5 Å². The third-order valence-electron chi connectivity index (χ3n) is 3.72. The lowest BCUT2D eigenvalue weighted by Gasteiger charge is -2.23. The largest absolute Gasteiger partial charge is 0.355 e. The van der Waals surface area contributed by atoms with Crippen LogP contribution in [0.5, 0.6) is 0 Å². The van der Waals surface area contributed by atoms with Gasteiger partial charge in [-0.2, -0.15) is 0 Å². The Balaban J connectivity index is 1.78. The smallest absolute Gasteiger partial charge is 0.221 e. The third-order valence-corrected chi connectivity index (χ3v) is 7.73. The molecule has 2 rings (SSSR count). The first-order chi connectivity index (χ1) is 9.28. The molecule has 0 aromatic heterocycles. The van der Waals surface area contributed by atoms with E-state index in [-0.39, 0.29) is 42.2 Å². The Morgan fingerprint density at radius 1 is 1.20 bits per heavy atom. The van der Waals surface area contributed by atoms with E-state index in [0.717, 1.165) is 0 Å². The van der Waals surface area contributed by atoms with Gasteiger partial charge >= 0.3 is 0 Å². The van der Waals surface area contributed by atoms with Gasteiger partial charge in [0.1, 0.15) is 0 Å². The molecule has 2 aliphatic heterocycles. The Morgan fingerprint density at radius 3 is 2.55 bits per heavy atom. The third kappa shape index (κ3) is 4.16. The van der Waals surface area contributed by atoms with Crippen molar-refractivity contribution in [1.29, 1.82) is 0 Å². The SMILES string of the molecule is O=C(CC1CS(=O)(=O)CCN1)NCC1CCCS1(=O)=O. The highest BCUT2D eigenvalue weighted by atomic mass is 32.2. The van der Waals surface area contributed by atoms with Crippen molar-refractivity contribution in [3.63, 3.8) is 0 Å². The standard InChI is InChI=1S/C11H20N2O5S2/c14-11(6-9-8-19(15,16)5-3-12-9)13-7-10-2-1-4-20(10,17)18/h9-10,12H,1-8H2,(H,13,14). The average Bonchev–Trinajstić information content (AvgIpc) is 2.64. The van der Waals surface area contributed by atoms with Crippen molar-refractivity contribution in [1.82, 2.24) is 10.6 Å². The maximum atomic E-state index is 11.7. The summed E-state index contributed by atoms with van der Waals surface area (Å²) in [5.74, 6) is -0.0505. The van der Waals surface area contributed by atoms with Gasteiger partial charge in [-0.1, -0.05) is 0 Å². The van der Waals surface area contributed by atoms with Gasteiger partial charge in [-0.15, -0.1) is 0 Å². The van der Waals surface area contributed by atoms with E-state index in [1.54, 1.807) is 0 Å². The minimum atomic E-state index is -3.07. The number of sulfone groups is 2. The highest BCUT2D eigenvalue weighted by Crippen LogP contribution is 2.19. The summed E-state index contributed by atoms with van der Waals surface area (Å²) in [4.78, 5) is 11.7. The van der Waals surface area contributed by atoms with Gasteiger partial charge in [0, 0.05) is 25.6 Å². The van der Waals surface area contributed by atoms with Crippen molar-refractivity contribution < 1.29 is 21.6 Å². The zero-order valence-electron chi connectivity index (χ0n) is 11.2. The molecule has 2 fully saturated rings. The molecule has 9 heteroatoms. The number of hydrogen-bond donors (Lipinski definition) is 2. The fourth-order valence-electron chi connectivity index (χ4n) is 2.61. The Labute approximate surface area is 119 Å². The van der Waals surface area contributed by atoms with Gasteiger partial charge in [0.15, 0.2) is 19.7 Å². The minimum absolute atomic E-state index is 0.0395. The van der Waals surface area contributed by atoms with Crippen LogP contribution in [0.25, 0.3) is 0 Å². The van der Waals surface area contributed by atoms with Crippen LogP contribution in [0.1, 0.15) is 19.3 Å². The predicted octanol–water partition coefficient (Wildman–Crippen LogP) is -1.54. The molecule has 2 unspecified atom stereocenters. The summed E-state index contributed by atoms with van der Waals surface area (Å²) in [5.41, 5.74) is 0. The normalized spacial score (nSPS) is 31.8. The maximum absolute atomic E-state index is 11.7. The number of hydrogen-bond acceptors (Lipinski definition) is 6.